The van der Waals surface area contributed by atoms with E-state index < -0.39 is 5.60 Å². The zero-order chi connectivity index (χ0) is 20.1. The van der Waals surface area contributed by atoms with E-state index in [0.29, 0.717) is 30.2 Å². The van der Waals surface area contributed by atoms with Crippen molar-refractivity contribution in [3.05, 3.63) is 47.2 Å². The molecule has 1 aromatic carbocycles. The lowest BCUT2D eigenvalue weighted by molar-refractivity contribution is -0.155. The van der Waals surface area contributed by atoms with E-state index in [4.69, 9.17) is 16.3 Å². The van der Waals surface area contributed by atoms with Crippen LogP contribution in [0, 0.1) is 0 Å². The highest BCUT2D eigenvalue weighted by Crippen LogP contribution is 2.18. The molecule has 0 aliphatic rings. The quantitative estimate of drug-likeness (QED) is 0.690. The van der Waals surface area contributed by atoms with Gasteiger partial charge in [0.05, 0.1) is 0 Å². The van der Waals surface area contributed by atoms with Crippen molar-refractivity contribution in [3.63, 3.8) is 0 Å². The Morgan fingerprint density at radius 2 is 1.67 bits per heavy atom. The van der Waals surface area contributed by atoms with Crippen molar-refractivity contribution in [2.45, 2.75) is 65.1 Å². The number of hydrogen-bond acceptors (Lipinski definition) is 5. The molecule has 1 heterocycles. The van der Waals surface area contributed by atoms with Crippen molar-refractivity contribution in [1.29, 1.82) is 0 Å². The van der Waals surface area contributed by atoms with Crippen molar-refractivity contribution < 1.29 is 9.53 Å². The van der Waals surface area contributed by atoms with E-state index >= 15 is 0 Å². The average Bonchev–Trinajstić information content (AvgIpc) is 2.58. The lowest BCUT2D eigenvalue weighted by atomic mass is 9.98. The van der Waals surface area contributed by atoms with Gasteiger partial charge < -0.3 is 10.1 Å². The molecule has 0 spiro atoms. The number of benzene rings is 1. The maximum atomic E-state index is 11.9. The molecule has 0 fully saturated rings. The van der Waals surface area contributed by atoms with E-state index in [1.807, 2.05) is 57.4 Å². The Labute approximate surface area is 166 Å². The zero-order valence-corrected chi connectivity index (χ0v) is 17.4. The van der Waals surface area contributed by atoms with E-state index in [1.165, 1.54) is 0 Å². The van der Waals surface area contributed by atoms with Crippen LogP contribution in [0.1, 0.15) is 53.0 Å². The number of ether oxygens (including phenoxy) is 1. The number of halogens is 1. The fraction of sp³-hybridized carbons (Fsp3) is 0.476. The Bertz CT molecular complexity index is 750. The lowest BCUT2D eigenvalue weighted by Gasteiger charge is -2.27. The lowest BCUT2D eigenvalue weighted by Crippen LogP contribution is -2.39. The molecule has 6 heteroatoms. The first-order valence-electron chi connectivity index (χ1n) is 9.08. The normalized spacial score (nSPS) is 12.1. The van der Waals surface area contributed by atoms with E-state index in [9.17, 15) is 4.79 Å². The molecule has 2 rings (SSSR count). The SMILES string of the molecule is CC(C)(CCC(=O)OC(C)(C)C)NCc1cnc(-c2ccc(Cl)cc2)nc1. The summed E-state index contributed by atoms with van der Waals surface area (Å²) in [5.74, 6) is 0.493. The van der Waals surface area contributed by atoms with Gasteiger partial charge in [0.15, 0.2) is 5.82 Å². The Morgan fingerprint density at radius 3 is 2.22 bits per heavy atom. The molecule has 0 radical (unpaired) electrons. The molecule has 2 aromatic rings. The summed E-state index contributed by atoms with van der Waals surface area (Å²) in [5.41, 5.74) is 1.26. The fourth-order valence-corrected chi connectivity index (χ4v) is 2.56. The van der Waals surface area contributed by atoms with Crippen LogP contribution in [-0.2, 0) is 16.1 Å². The molecule has 0 unspecified atom stereocenters. The Balaban J connectivity index is 1.86. The second-order valence-corrected chi connectivity index (χ2v) is 8.68. The summed E-state index contributed by atoms with van der Waals surface area (Å²) in [5, 5.41) is 4.14. The number of hydrogen-bond donors (Lipinski definition) is 1. The molecule has 0 aliphatic heterocycles. The van der Waals surface area contributed by atoms with Crippen molar-refractivity contribution >= 4 is 17.6 Å². The minimum absolute atomic E-state index is 0.173. The first-order chi connectivity index (χ1) is 12.5. The number of carbonyl (C=O) groups is 1. The van der Waals surface area contributed by atoms with Crippen LogP contribution in [0.4, 0.5) is 0 Å². The minimum Gasteiger partial charge on any atom is -0.460 e. The first kappa shape index (κ1) is 21.3. The third-order valence-electron chi connectivity index (χ3n) is 3.95. The molecule has 0 atom stereocenters. The van der Waals surface area contributed by atoms with Crippen LogP contribution in [0.25, 0.3) is 11.4 Å². The number of esters is 1. The number of rotatable bonds is 7. The second kappa shape index (κ2) is 8.81. The van der Waals surface area contributed by atoms with E-state index in [1.54, 1.807) is 0 Å². The monoisotopic (exact) mass is 389 g/mol. The number of nitrogens with zero attached hydrogens (tertiary/aromatic N) is 2. The van der Waals surface area contributed by atoms with Gasteiger partial charge in [0.1, 0.15) is 5.60 Å². The maximum absolute atomic E-state index is 11.9. The Morgan fingerprint density at radius 1 is 1.07 bits per heavy atom. The molecule has 0 bridgehead atoms. The highest BCUT2D eigenvalue weighted by molar-refractivity contribution is 6.30. The molecule has 0 amide bonds. The fourth-order valence-electron chi connectivity index (χ4n) is 2.43. The summed E-state index contributed by atoms with van der Waals surface area (Å²) in [6.45, 7) is 10.4. The average molecular weight is 390 g/mol. The number of aromatic nitrogens is 2. The minimum atomic E-state index is -0.447. The molecular formula is C21H28ClN3O2. The van der Waals surface area contributed by atoms with Crippen molar-refractivity contribution in [2.75, 3.05) is 0 Å². The first-order valence-corrected chi connectivity index (χ1v) is 9.46. The molecule has 5 nitrogen and oxygen atoms in total. The van der Waals surface area contributed by atoms with Crippen LogP contribution in [0.3, 0.4) is 0 Å². The number of nitrogens with one attached hydrogen (secondary N) is 1. The highest BCUT2D eigenvalue weighted by atomic mass is 35.5. The van der Waals surface area contributed by atoms with Gasteiger partial charge in [-0.3, -0.25) is 4.79 Å². The van der Waals surface area contributed by atoms with Gasteiger partial charge in [-0.2, -0.15) is 0 Å². The summed E-state index contributed by atoms with van der Waals surface area (Å²) < 4.78 is 5.36. The van der Waals surface area contributed by atoms with Gasteiger partial charge in [0.25, 0.3) is 0 Å². The molecule has 0 saturated carbocycles. The third-order valence-corrected chi connectivity index (χ3v) is 4.20. The maximum Gasteiger partial charge on any atom is 0.306 e. The second-order valence-electron chi connectivity index (χ2n) is 8.25. The van der Waals surface area contributed by atoms with E-state index in [-0.39, 0.29) is 11.5 Å². The van der Waals surface area contributed by atoms with Crippen LogP contribution in [0.5, 0.6) is 0 Å². The zero-order valence-electron chi connectivity index (χ0n) is 16.7. The predicted octanol–water partition coefficient (Wildman–Crippen LogP) is 4.79. The van der Waals surface area contributed by atoms with Crippen molar-refractivity contribution in [2.24, 2.45) is 0 Å². The highest BCUT2D eigenvalue weighted by Gasteiger charge is 2.22. The Hall–Kier alpha value is -1.98. The summed E-state index contributed by atoms with van der Waals surface area (Å²) >= 11 is 5.91. The van der Waals surface area contributed by atoms with Gasteiger partial charge in [0.2, 0.25) is 0 Å². The molecule has 1 aromatic heterocycles. The Kier molecular flexibility index (Phi) is 6.95. The van der Waals surface area contributed by atoms with Gasteiger partial charge in [0, 0.05) is 47.0 Å². The van der Waals surface area contributed by atoms with Crippen molar-refractivity contribution in [3.8, 4) is 11.4 Å². The topological polar surface area (TPSA) is 64.1 Å². The van der Waals surface area contributed by atoms with Gasteiger partial charge in [-0.1, -0.05) is 11.6 Å². The van der Waals surface area contributed by atoms with Gasteiger partial charge in [-0.15, -0.1) is 0 Å². The summed E-state index contributed by atoms with van der Waals surface area (Å²) in [6.07, 6.45) is 4.69. The van der Waals surface area contributed by atoms with Gasteiger partial charge in [-0.25, -0.2) is 9.97 Å². The van der Waals surface area contributed by atoms with Crippen LogP contribution < -0.4 is 5.32 Å². The van der Waals surface area contributed by atoms with Crippen LogP contribution in [0.15, 0.2) is 36.7 Å². The standard InChI is InChI=1S/C21H28ClN3O2/c1-20(2,3)27-18(26)10-11-21(4,5)25-14-15-12-23-19(24-13-15)16-6-8-17(22)9-7-16/h6-9,12-13,25H,10-11,14H2,1-5H3. The van der Waals surface area contributed by atoms with E-state index in [0.717, 1.165) is 11.1 Å². The largest absolute Gasteiger partial charge is 0.460 e. The smallest absolute Gasteiger partial charge is 0.306 e. The molecule has 0 aliphatic carbocycles. The van der Waals surface area contributed by atoms with Crippen LogP contribution in [-0.4, -0.2) is 27.1 Å². The summed E-state index contributed by atoms with van der Waals surface area (Å²) in [6, 6.07) is 7.44. The number of carbonyl (C=O) groups excluding carboxylic acids is 1. The molecule has 0 saturated heterocycles. The molecule has 146 valence electrons. The predicted molar refractivity (Wildman–Crippen MR) is 108 cm³/mol. The third kappa shape index (κ3) is 7.65. The summed E-state index contributed by atoms with van der Waals surface area (Å²) in [7, 11) is 0. The summed E-state index contributed by atoms with van der Waals surface area (Å²) in [4.78, 5) is 20.7. The van der Waals surface area contributed by atoms with Crippen molar-refractivity contribution in [1.82, 2.24) is 15.3 Å². The molecule has 1 N–H and O–H groups in total. The van der Waals surface area contributed by atoms with Gasteiger partial charge >= 0.3 is 5.97 Å². The van der Waals surface area contributed by atoms with Crippen LogP contribution >= 0.6 is 11.6 Å². The van der Waals surface area contributed by atoms with Gasteiger partial charge in [-0.05, 0) is 65.3 Å². The van der Waals surface area contributed by atoms with E-state index in [2.05, 4.69) is 29.1 Å². The van der Waals surface area contributed by atoms with Crippen LogP contribution in [0.2, 0.25) is 5.02 Å². The molecule has 27 heavy (non-hydrogen) atoms. The molecular weight excluding hydrogens is 362 g/mol.